The first-order chi connectivity index (χ1) is 12.0. The van der Waals surface area contributed by atoms with E-state index in [-0.39, 0.29) is 10.9 Å². The summed E-state index contributed by atoms with van der Waals surface area (Å²) in [7, 11) is 0. The van der Waals surface area contributed by atoms with Crippen molar-refractivity contribution in [1.29, 1.82) is 0 Å². The molecule has 1 aromatic carbocycles. The van der Waals surface area contributed by atoms with Gasteiger partial charge in [0.25, 0.3) is 5.91 Å². The molecular weight excluding hydrogens is 430 g/mol. The lowest BCUT2D eigenvalue weighted by Crippen LogP contribution is -2.11. The van der Waals surface area contributed by atoms with Gasteiger partial charge in [0.2, 0.25) is 10.3 Å². The first kappa shape index (κ1) is 17.3. The zero-order valence-corrected chi connectivity index (χ0v) is 15.5. The molecule has 0 atom stereocenters. The Morgan fingerprint density at radius 1 is 1.28 bits per heavy atom. The number of thiophene rings is 1. The van der Waals surface area contributed by atoms with E-state index in [2.05, 4.69) is 36.4 Å². The summed E-state index contributed by atoms with van der Waals surface area (Å²) in [6, 6.07) is 9.97. The van der Waals surface area contributed by atoms with Crippen LogP contribution in [0.3, 0.4) is 0 Å². The Morgan fingerprint density at radius 3 is 2.84 bits per heavy atom. The van der Waals surface area contributed by atoms with Gasteiger partial charge in [-0.25, -0.2) is 4.99 Å². The summed E-state index contributed by atoms with van der Waals surface area (Å²) in [5.41, 5.74) is 0.487. The quantitative estimate of drug-likeness (QED) is 0.363. The fraction of sp³-hybridized carbons (Fsp3) is 0. The Morgan fingerprint density at radius 2 is 2.12 bits per heavy atom. The number of anilines is 1. The zero-order chi connectivity index (χ0) is 17.8. The number of amides is 1. The number of carbonyl (C=O) groups excluding carboxylic acids is 1. The van der Waals surface area contributed by atoms with Gasteiger partial charge in [0.15, 0.2) is 0 Å². The maximum Gasteiger partial charge on any atom is 0.324 e. The summed E-state index contributed by atoms with van der Waals surface area (Å²) in [6.07, 6.45) is 1.47. The minimum Gasteiger partial charge on any atom is -0.296 e. The number of halogens is 1. The van der Waals surface area contributed by atoms with Gasteiger partial charge in [0.1, 0.15) is 0 Å². The minimum absolute atomic E-state index is 0.0423. The molecule has 3 aromatic rings. The lowest BCUT2D eigenvalue weighted by molar-refractivity contribution is -0.380. The highest BCUT2D eigenvalue weighted by Gasteiger charge is 2.11. The number of rotatable bonds is 5. The molecule has 0 saturated heterocycles. The highest BCUT2D eigenvalue weighted by atomic mass is 79.9. The van der Waals surface area contributed by atoms with E-state index in [9.17, 15) is 14.9 Å². The normalized spacial score (nSPS) is 10.9. The van der Waals surface area contributed by atoms with Crippen molar-refractivity contribution < 1.29 is 9.72 Å². The molecule has 1 N–H and O–H groups in total. The van der Waals surface area contributed by atoms with E-state index >= 15 is 0 Å². The molecule has 11 heteroatoms. The first-order valence-corrected chi connectivity index (χ1v) is 9.12. The summed E-state index contributed by atoms with van der Waals surface area (Å²) in [6.45, 7) is 0. The Kier molecular flexibility index (Phi) is 5.26. The van der Waals surface area contributed by atoms with Gasteiger partial charge in [0, 0.05) is 22.3 Å². The molecule has 0 aliphatic carbocycles. The monoisotopic (exact) mass is 437 g/mol. The molecule has 2 aromatic heterocycles. The van der Waals surface area contributed by atoms with Gasteiger partial charge in [-0.15, -0.1) is 10.2 Å². The van der Waals surface area contributed by atoms with Gasteiger partial charge >= 0.3 is 5.00 Å². The molecule has 0 fully saturated rings. The molecule has 0 unspecified atom stereocenters. The highest BCUT2D eigenvalue weighted by molar-refractivity contribution is 9.10. The van der Waals surface area contributed by atoms with Crippen molar-refractivity contribution in [3.05, 3.63) is 61.4 Å². The van der Waals surface area contributed by atoms with Crippen LogP contribution >= 0.6 is 38.6 Å². The summed E-state index contributed by atoms with van der Waals surface area (Å²) in [5.74, 6) is -0.304. The van der Waals surface area contributed by atoms with Crippen LogP contribution in [-0.4, -0.2) is 27.2 Å². The fourth-order valence-corrected chi connectivity index (χ4v) is 3.42. The molecule has 3 rings (SSSR count). The van der Waals surface area contributed by atoms with Crippen molar-refractivity contribution in [3.8, 4) is 0 Å². The number of hydrogen-bond donors (Lipinski definition) is 1. The number of nitro groups is 1. The Labute approximate surface area is 157 Å². The van der Waals surface area contributed by atoms with Gasteiger partial charge < -0.3 is 0 Å². The molecule has 126 valence electrons. The van der Waals surface area contributed by atoms with Gasteiger partial charge in [-0.05, 0) is 24.3 Å². The molecule has 2 heterocycles. The third-order valence-corrected chi connectivity index (χ3v) is 5.03. The third kappa shape index (κ3) is 4.53. The van der Waals surface area contributed by atoms with Crippen LogP contribution in [0.1, 0.15) is 15.2 Å². The topological polar surface area (TPSA) is 110 Å². The van der Waals surface area contributed by atoms with Crippen LogP contribution in [0.4, 0.5) is 15.3 Å². The van der Waals surface area contributed by atoms with Crippen molar-refractivity contribution >= 4 is 66.0 Å². The molecule has 0 radical (unpaired) electrons. The van der Waals surface area contributed by atoms with Gasteiger partial charge in [-0.1, -0.05) is 44.7 Å². The summed E-state index contributed by atoms with van der Waals surface area (Å²) in [5, 5.41) is 21.7. The SMILES string of the molecule is O=C(Nc1nnc(N=Cc2ccc([N+](=O)[O-])s2)s1)c1cccc(Br)c1. The van der Waals surface area contributed by atoms with Crippen LogP contribution in [0.5, 0.6) is 0 Å². The van der Waals surface area contributed by atoms with Crippen molar-refractivity contribution in [2.45, 2.75) is 0 Å². The maximum absolute atomic E-state index is 12.1. The second kappa shape index (κ2) is 7.59. The van der Waals surface area contributed by atoms with Crippen LogP contribution in [-0.2, 0) is 0 Å². The Hall–Kier alpha value is -2.50. The summed E-state index contributed by atoms with van der Waals surface area (Å²) < 4.78 is 0.799. The average molecular weight is 438 g/mol. The third-order valence-electron chi connectivity index (χ3n) is 2.82. The number of nitrogens with zero attached hydrogens (tertiary/aromatic N) is 4. The number of hydrogen-bond acceptors (Lipinski definition) is 8. The van der Waals surface area contributed by atoms with E-state index < -0.39 is 4.92 Å². The lowest BCUT2D eigenvalue weighted by Gasteiger charge is -2.00. The van der Waals surface area contributed by atoms with Crippen LogP contribution in [0, 0.1) is 10.1 Å². The Bertz CT molecular complexity index is 969. The van der Waals surface area contributed by atoms with E-state index in [1.165, 1.54) is 12.3 Å². The van der Waals surface area contributed by atoms with Gasteiger partial charge in [-0.2, -0.15) is 0 Å². The Balaban J connectivity index is 1.66. The van der Waals surface area contributed by atoms with Crippen LogP contribution < -0.4 is 5.32 Å². The van der Waals surface area contributed by atoms with E-state index in [0.717, 1.165) is 27.1 Å². The fourth-order valence-electron chi connectivity index (χ4n) is 1.75. The molecule has 0 saturated carbocycles. The zero-order valence-electron chi connectivity index (χ0n) is 12.2. The maximum atomic E-state index is 12.1. The predicted molar refractivity (Wildman–Crippen MR) is 100 cm³/mol. The first-order valence-electron chi connectivity index (χ1n) is 6.70. The molecule has 25 heavy (non-hydrogen) atoms. The number of benzene rings is 1. The number of aliphatic imine (C=N–C) groups is 1. The molecule has 0 aliphatic rings. The van der Waals surface area contributed by atoms with Crippen LogP contribution in [0.15, 0.2) is 45.9 Å². The number of aromatic nitrogens is 2. The molecular formula is C14H8BrN5O3S2. The molecule has 0 spiro atoms. The second-order valence-electron chi connectivity index (χ2n) is 4.55. The summed E-state index contributed by atoms with van der Waals surface area (Å²) in [4.78, 5) is 27.1. The van der Waals surface area contributed by atoms with Gasteiger partial charge in [-0.3, -0.25) is 20.2 Å². The van der Waals surface area contributed by atoms with Crippen molar-refractivity contribution in [3.63, 3.8) is 0 Å². The largest absolute Gasteiger partial charge is 0.324 e. The van der Waals surface area contributed by atoms with Crippen molar-refractivity contribution in [2.24, 2.45) is 4.99 Å². The minimum atomic E-state index is -0.456. The van der Waals surface area contributed by atoms with E-state index in [1.807, 2.05) is 6.07 Å². The highest BCUT2D eigenvalue weighted by Crippen LogP contribution is 2.26. The van der Waals surface area contributed by atoms with Crippen molar-refractivity contribution in [1.82, 2.24) is 10.2 Å². The predicted octanol–water partition coefficient (Wildman–Crippen LogP) is 4.27. The molecule has 0 aliphatic heterocycles. The molecule has 8 nitrogen and oxygen atoms in total. The summed E-state index contributed by atoms with van der Waals surface area (Å²) >= 11 is 5.42. The van der Waals surface area contributed by atoms with Crippen LogP contribution in [0.25, 0.3) is 0 Å². The second-order valence-corrected chi connectivity index (χ2v) is 7.51. The average Bonchev–Trinajstić information content (AvgIpc) is 3.22. The molecule has 0 bridgehead atoms. The standard InChI is InChI=1S/C14H8BrN5O3S2/c15-9-3-1-2-8(6-9)12(21)17-14-19-18-13(25-14)16-7-10-4-5-11(24-10)20(22)23/h1-7H,(H,17,19,21). The van der Waals surface area contributed by atoms with Gasteiger partial charge in [0.05, 0.1) is 9.80 Å². The number of nitrogens with one attached hydrogen (secondary N) is 1. The molecule has 1 amide bonds. The lowest BCUT2D eigenvalue weighted by atomic mass is 10.2. The van der Waals surface area contributed by atoms with Crippen LogP contribution in [0.2, 0.25) is 0 Å². The number of carbonyl (C=O) groups is 1. The van der Waals surface area contributed by atoms with E-state index in [1.54, 1.807) is 24.3 Å². The van der Waals surface area contributed by atoms with E-state index in [0.29, 0.717) is 20.7 Å². The van der Waals surface area contributed by atoms with Crippen molar-refractivity contribution in [2.75, 3.05) is 5.32 Å². The van der Waals surface area contributed by atoms with E-state index in [4.69, 9.17) is 0 Å². The smallest absolute Gasteiger partial charge is 0.296 e.